The van der Waals surface area contributed by atoms with Crippen molar-refractivity contribution in [3.63, 3.8) is 0 Å². The molecule has 0 saturated heterocycles. The minimum atomic E-state index is -2.87. The maximum absolute atomic E-state index is 11.9. The molecule has 0 aromatic heterocycles. The third-order valence-electron chi connectivity index (χ3n) is 18.3. The summed E-state index contributed by atoms with van der Waals surface area (Å²) in [4.78, 5) is 0. The molecule has 108 heavy (non-hydrogen) atoms. The van der Waals surface area contributed by atoms with Crippen LogP contribution in [0.1, 0.15) is 0 Å². The van der Waals surface area contributed by atoms with Crippen molar-refractivity contribution >= 4 is 184 Å². The van der Waals surface area contributed by atoms with Crippen molar-refractivity contribution in [1.29, 1.82) is 21.0 Å². The summed E-state index contributed by atoms with van der Waals surface area (Å²) in [6, 6.07) is 158. The Morgan fingerprint density at radius 2 is 0.278 bits per heavy atom. The molecule has 0 atom stereocenters. The van der Waals surface area contributed by atoms with Crippen LogP contribution in [0, 0.1) is 45.3 Å². The van der Waals surface area contributed by atoms with E-state index in [1.54, 1.807) is 0 Å². The first-order chi connectivity index (χ1) is 53.3. The SMILES string of the molecule is ClCCl.ClCCl.N#CC(P(C(C#N)=P(c1ccccc1)(c1ccccc1)c1ccccc1)c1ccccc1)=P(c1ccccc1)(c1ccccc1)c1ccccc1.N#CC(P(C(C#N)=P(c1ccccc1)(c1ccccc1)c1ccccc1)c1ccccc1)=P(c1ccccc1)(c1ccccc1)c1ccccc1. The number of benzene rings is 14. The molecule has 14 aromatic carbocycles. The van der Waals surface area contributed by atoms with Gasteiger partial charge in [0.15, 0.2) is 0 Å². The van der Waals surface area contributed by atoms with Crippen LogP contribution in [0.2, 0.25) is 0 Å². The highest BCUT2D eigenvalue weighted by molar-refractivity contribution is 8.22. The molecule has 0 unspecified atom stereocenters. The number of nitrogens with zero attached hydrogens (tertiary/aromatic N) is 4. The van der Waals surface area contributed by atoms with Crippen LogP contribution in [0.3, 0.4) is 0 Å². The topological polar surface area (TPSA) is 95.2 Å². The molecule has 0 heterocycles. The predicted molar refractivity (Wildman–Crippen MR) is 482 cm³/mol. The number of rotatable bonds is 18. The van der Waals surface area contributed by atoms with Crippen LogP contribution >= 0.6 is 89.8 Å². The molecule has 0 bridgehead atoms. The molecule has 14 heteroatoms. The molecule has 0 aliphatic rings. The zero-order valence-electron chi connectivity index (χ0n) is 58.8. The Hall–Kier alpha value is -9.74. The molecule has 14 aromatic rings. The Morgan fingerprint density at radius 1 is 0.185 bits per heavy atom. The van der Waals surface area contributed by atoms with Gasteiger partial charge in [0.05, 0.1) is 30.8 Å². The maximum Gasteiger partial charge on any atom is 0.101 e. The van der Waals surface area contributed by atoms with Gasteiger partial charge in [-0.3, -0.25) is 0 Å². The lowest BCUT2D eigenvalue weighted by atomic mass is 10.4. The van der Waals surface area contributed by atoms with Gasteiger partial charge < -0.3 is 0 Å². The van der Waals surface area contributed by atoms with Crippen molar-refractivity contribution in [2.45, 2.75) is 0 Å². The fourth-order valence-electron chi connectivity index (χ4n) is 14.0. The average molecular weight is 1590 g/mol. The van der Waals surface area contributed by atoms with Crippen LogP contribution < -0.4 is 74.3 Å². The van der Waals surface area contributed by atoms with Crippen molar-refractivity contribution in [3.8, 4) is 24.3 Å². The molecule has 0 saturated carbocycles. The highest BCUT2D eigenvalue weighted by Gasteiger charge is 2.43. The highest BCUT2D eigenvalue weighted by atomic mass is 35.5. The van der Waals surface area contributed by atoms with Crippen molar-refractivity contribution in [2.24, 2.45) is 0 Å². The van der Waals surface area contributed by atoms with Gasteiger partial charge in [0.1, 0.15) is 24.3 Å². The minimum Gasteiger partial charge on any atom is -0.192 e. The first-order valence-corrected chi connectivity index (χ1v) is 46.6. The van der Waals surface area contributed by atoms with Gasteiger partial charge in [0, 0.05) is 15.8 Å². The predicted octanol–water partition coefficient (Wildman–Crippen LogP) is 19.0. The van der Waals surface area contributed by atoms with Gasteiger partial charge in [-0.15, -0.1) is 46.4 Å². The van der Waals surface area contributed by atoms with E-state index < -0.39 is 43.4 Å². The third kappa shape index (κ3) is 16.5. The summed E-state index contributed by atoms with van der Waals surface area (Å²) in [5, 5.41) is 66.2. The van der Waals surface area contributed by atoms with Gasteiger partial charge in [-0.1, -0.05) is 425 Å². The normalized spacial score (nSPS) is 11.0. The van der Waals surface area contributed by atoms with E-state index in [2.05, 4.69) is 340 Å². The van der Waals surface area contributed by atoms with E-state index in [9.17, 15) is 21.0 Å². The van der Waals surface area contributed by atoms with E-state index in [0.29, 0.717) is 0 Å². The van der Waals surface area contributed by atoms with Crippen LogP contribution in [-0.4, -0.2) is 30.8 Å². The molecule has 528 valence electrons. The Labute approximate surface area is 659 Å². The van der Waals surface area contributed by atoms with Gasteiger partial charge in [0.2, 0.25) is 0 Å². The molecule has 0 aliphatic heterocycles. The molecule has 0 fully saturated rings. The van der Waals surface area contributed by atoms with Gasteiger partial charge >= 0.3 is 0 Å². The number of alkyl halides is 4. The minimum absolute atomic E-state index is 0.194. The van der Waals surface area contributed by atoms with Crippen molar-refractivity contribution in [1.82, 2.24) is 0 Å². The first kappa shape index (κ1) is 79.3. The molecule has 0 aliphatic carbocycles. The smallest absolute Gasteiger partial charge is 0.101 e. The monoisotopic (exact) mass is 1580 g/mol. The molecule has 0 spiro atoms. The summed E-state index contributed by atoms with van der Waals surface area (Å²) >= 11 is 19.1. The quantitative estimate of drug-likeness (QED) is 0.0632. The van der Waals surface area contributed by atoms with Crippen LogP contribution in [-0.2, 0) is 0 Å². The summed E-state index contributed by atoms with van der Waals surface area (Å²) in [6.45, 7) is -11.5. The third-order valence-corrected chi connectivity index (χ3v) is 43.8. The fraction of sp³-hybridized carbons (Fsp3) is 0.0213. The lowest BCUT2D eigenvalue weighted by Crippen LogP contribution is -2.34. The summed E-state index contributed by atoms with van der Waals surface area (Å²) in [7, 11) is -3.38. The summed E-state index contributed by atoms with van der Waals surface area (Å²) in [5.41, 5.74) is 0. The number of hydrogen-bond acceptors (Lipinski definition) is 4. The highest BCUT2D eigenvalue weighted by Crippen LogP contribution is 2.63. The molecule has 0 amide bonds. The Morgan fingerprint density at radius 3 is 0.370 bits per heavy atom. The lowest BCUT2D eigenvalue weighted by Gasteiger charge is -2.37. The lowest BCUT2D eigenvalue weighted by molar-refractivity contribution is 1.56. The molecular weight excluding hydrogens is 1510 g/mol. The van der Waals surface area contributed by atoms with E-state index in [1.807, 2.05) is 109 Å². The summed E-state index contributed by atoms with van der Waals surface area (Å²) in [5.74, 6) is 0. The summed E-state index contributed by atoms with van der Waals surface area (Å²) < 4.78 is 0. The molecular formula is C94H74Cl4N4P6. The second-order valence-electron chi connectivity index (χ2n) is 24.0. The second kappa shape index (κ2) is 39.9. The van der Waals surface area contributed by atoms with Crippen molar-refractivity contribution in [3.05, 3.63) is 425 Å². The fourth-order valence-corrected chi connectivity index (χ4v) is 43.3. The summed E-state index contributed by atoms with van der Waals surface area (Å²) in [6.07, 6.45) is 0. The largest absolute Gasteiger partial charge is 0.192 e. The standard InChI is InChI=1S/2C46H35N2P3.2CH2Cl2/c2*47-36-45(50(39-24-10-2-11-25-39,40-26-12-3-13-27-40)41-28-14-4-15-29-41)49(38-22-8-1-9-23-38)46(37-48)51(42-30-16-5-17-31-42,43-32-18-6-19-33-43)44-34-20-7-21-35-44;2*2-1-3/h2*1-35H;2*1H2. The molecule has 0 radical (unpaired) electrons. The molecule has 14 rings (SSSR count). The van der Waals surface area contributed by atoms with E-state index >= 15 is 0 Å². The zero-order valence-corrected chi connectivity index (χ0v) is 67.2. The van der Waals surface area contributed by atoms with Gasteiger partial charge in [-0.2, -0.15) is 21.0 Å². The van der Waals surface area contributed by atoms with Gasteiger partial charge in [-0.25, -0.2) is 0 Å². The van der Waals surface area contributed by atoms with Gasteiger partial charge in [0.25, 0.3) is 0 Å². The number of hydrogen-bond donors (Lipinski definition) is 0. The van der Waals surface area contributed by atoms with Crippen molar-refractivity contribution in [2.75, 3.05) is 10.7 Å². The number of nitriles is 4. The maximum atomic E-state index is 11.9. The molecule has 0 N–H and O–H groups in total. The number of halogens is 4. The van der Waals surface area contributed by atoms with Crippen LogP contribution in [0.25, 0.3) is 0 Å². The Kier molecular flexibility index (Phi) is 29.3. The Balaban J connectivity index is 0.000000200. The van der Waals surface area contributed by atoms with Gasteiger partial charge in [-0.05, 0) is 102 Å². The Bertz CT molecular complexity index is 4530. The van der Waals surface area contributed by atoms with E-state index in [-0.39, 0.29) is 10.7 Å². The van der Waals surface area contributed by atoms with E-state index in [0.717, 1.165) is 94.4 Å². The van der Waals surface area contributed by atoms with E-state index in [1.165, 1.54) is 0 Å². The van der Waals surface area contributed by atoms with E-state index in [4.69, 9.17) is 46.4 Å². The van der Waals surface area contributed by atoms with Crippen LogP contribution in [0.4, 0.5) is 0 Å². The van der Waals surface area contributed by atoms with Crippen LogP contribution in [0.5, 0.6) is 0 Å². The zero-order chi connectivity index (χ0) is 75.3. The average Bonchev–Trinajstić information content (AvgIpc) is 0.714. The van der Waals surface area contributed by atoms with Crippen molar-refractivity contribution < 1.29 is 0 Å². The molecule has 4 nitrogen and oxygen atoms in total. The second-order valence-corrected chi connectivity index (χ2v) is 44.5. The van der Waals surface area contributed by atoms with Crippen LogP contribution in [0.15, 0.2) is 425 Å². The first-order valence-electron chi connectivity index (χ1n) is 34.6.